The number of nitrogens with zero attached hydrogens (tertiary/aromatic N) is 3. The Bertz CT molecular complexity index is 930. The second-order valence-corrected chi connectivity index (χ2v) is 6.44. The van der Waals surface area contributed by atoms with Gasteiger partial charge in [-0.2, -0.15) is 0 Å². The van der Waals surface area contributed by atoms with Crippen LogP contribution < -0.4 is 4.90 Å². The molecule has 6 heteroatoms. The zero-order valence-corrected chi connectivity index (χ0v) is 15.0. The van der Waals surface area contributed by atoms with Gasteiger partial charge < -0.3 is 9.47 Å². The molecule has 2 aromatic carbocycles. The summed E-state index contributed by atoms with van der Waals surface area (Å²) in [6.07, 6.45) is 0. The first-order valence-electron chi connectivity index (χ1n) is 7.79. The van der Waals surface area contributed by atoms with Crippen molar-refractivity contribution < 1.29 is 4.92 Å². The van der Waals surface area contributed by atoms with Crippen molar-refractivity contribution in [2.45, 2.75) is 6.92 Å². The van der Waals surface area contributed by atoms with E-state index < -0.39 is 4.92 Å². The third kappa shape index (κ3) is 3.23. The minimum absolute atomic E-state index is 0.0903. The van der Waals surface area contributed by atoms with Gasteiger partial charge in [0, 0.05) is 42.8 Å². The summed E-state index contributed by atoms with van der Waals surface area (Å²) < 4.78 is 2.08. The number of rotatable bonds is 4. The minimum Gasteiger partial charge on any atom is -0.378 e. The number of nitro benzene ring substituents is 1. The highest BCUT2D eigenvalue weighted by molar-refractivity contribution is 6.32. The van der Waals surface area contributed by atoms with Gasteiger partial charge in [0.2, 0.25) is 0 Å². The Labute approximate surface area is 151 Å². The van der Waals surface area contributed by atoms with E-state index in [1.165, 1.54) is 6.07 Å². The Balaban J connectivity index is 2.11. The molecule has 0 bridgehead atoms. The second kappa shape index (κ2) is 6.61. The Morgan fingerprint density at radius 2 is 1.72 bits per heavy atom. The summed E-state index contributed by atoms with van der Waals surface area (Å²) >= 11 is 5.93. The first kappa shape index (κ1) is 17.0. The van der Waals surface area contributed by atoms with Crippen molar-refractivity contribution in [3.63, 3.8) is 0 Å². The van der Waals surface area contributed by atoms with Crippen LogP contribution in [-0.2, 0) is 0 Å². The van der Waals surface area contributed by atoms with Crippen molar-refractivity contribution >= 4 is 23.0 Å². The van der Waals surface area contributed by atoms with Gasteiger partial charge in [-0.05, 0) is 49.4 Å². The molecular weight excluding hydrogens is 338 g/mol. The summed E-state index contributed by atoms with van der Waals surface area (Å²) in [5.41, 5.74) is 4.70. The average molecular weight is 356 g/mol. The van der Waals surface area contributed by atoms with Gasteiger partial charge in [0.1, 0.15) is 5.02 Å². The van der Waals surface area contributed by atoms with Crippen LogP contribution in [0.1, 0.15) is 5.69 Å². The molecule has 3 rings (SSSR count). The molecule has 0 amide bonds. The molecule has 3 aromatic rings. The van der Waals surface area contributed by atoms with Gasteiger partial charge >= 0.3 is 0 Å². The Kier molecular flexibility index (Phi) is 4.51. The predicted octanol–water partition coefficient (Wildman–Crippen LogP) is 5.08. The Morgan fingerprint density at radius 3 is 2.32 bits per heavy atom. The number of anilines is 1. The molecular formula is C19H18ClN3O2. The fourth-order valence-electron chi connectivity index (χ4n) is 2.82. The number of aromatic nitrogens is 1. The smallest absolute Gasteiger partial charge is 0.288 e. The molecule has 25 heavy (non-hydrogen) atoms. The maximum Gasteiger partial charge on any atom is 0.288 e. The van der Waals surface area contributed by atoms with E-state index in [0.717, 1.165) is 28.3 Å². The van der Waals surface area contributed by atoms with Crippen LogP contribution in [0.5, 0.6) is 0 Å². The zero-order valence-electron chi connectivity index (χ0n) is 14.2. The van der Waals surface area contributed by atoms with Crippen LogP contribution in [0, 0.1) is 17.0 Å². The topological polar surface area (TPSA) is 51.3 Å². The molecule has 0 fully saturated rings. The summed E-state index contributed by atoms with van der Waals surface area (Å²) in [5, 5.41) is 11.3. The van der Waals surface area contributed by atoms with E-state index in [2.05, 4.69) is 4.57 Å². The highest BCUT2D eigenvalue weighted by Gasteiger charge is 2.16. The molecule has 0 spiro atoms. The van der Waals surface area contributed by atoms with Crippen LogP contribution in [0.15, 0.2) is 54.6 Å². The van der Waals surface area contributed by atoms with Gasteiger partial charge in [-0.25, -0.2) is 0 Å². The van der Waals surface area contributed by atoms with E-state index in [4.69, 9.17) is 11.6 Å². The molecule has 128 valence electrons. The first-order valence-corrected chi connectivity index (χ1v) is 8.16. The fourth-order valence-corrected chi connectivity index (χ4v) is 3.00. The van der Waals surface area contributed by atoms with Crippen molar-refractivity contribution in [1.82, 2.24) is 4.57 Å². The van der Waals surface area contributed by atoms with Crippen molar-refractivity contribution in [2.75, 3.05) is 19.0 Å². The molecule has 0 radical (unpaired) electrons. The van der Waals surface area contributed by atoms with Crippen molar-refractivity contribution in [2.24, 2.45) is 0 Å². The monoisotopic (exact) mass is 355 g/mol. The van der Waals surface area contributed by atoms with Crippen LogP contribution in [0.25, 0.3) is 16.9 Å². The van der Waals surface area contributed by atoms with Crippen LogP contribution in [0.3, 0.4) is 0 Å². The Hall–Kier alpha value is -2.79. The molecule has 0 saturated carbocycles. The third-order valence-corrected chi connectivity index (χ3v) is 4.46. The highest BCUT2D eigenvalue weighted by atomic mass is 35.5. The van der Waals surface area contributed by atoms with Gasteiger partial charge in [-0.3, -0.25) is 10.1 Å². The molecule has 1 aromatic heterocycles. The van der Waals surface area contributed by atoms with Crippen molar-refractivity contribution in [3.8, 4) is 16.9 Å². The standard InChI is InChI=1S/C19H18ClN3O2/c1-13-4-11-18(14-5-10-17(20)19(12-14)23(24)25)22(13)16-8-6-15(7-9-16)21(2)3/h4-12H,1-3H3. The van der Waals surface area contributed by atoms with E-state index >= 15 is 0 Å². The molecule has 0 aliphatic heterocycles. The summed E-state index contributed by atoms with van der Waals surface area (Å²) in [4.78, 5) is 12.8. The lowest BCUT2D eigenvalue weighted by atomic mass is 10.1. The van der Waals surface area contributed by atoms with E-state index in [-0.39, 0.29) is 10.7 Å². The number of nitro groups is 1. The fraction of sp³-hybridized carbons (Fsp3) is 0.158. The minimum atomic E-state index is -0.460. The number of aryl methyl sites for hydroxylation is 1. The molecule has 0 unspecified atom stereocenters. The molecule has 5 nitrogen and oxygen atoms in total. The molecule has 0 N–H and O–H groups in total. The van der Waals surface area contributed by atoms with Crippen LogP contribution in [0.2, 0.25) is 5.02 Å². The highest BCUT2D eigenvalue weighted by Crippen LogP contribution is 2.33. The first-order chi connectivity index (χ1) is 11.9. The van der Waals surface area contributed by atoms with E-state index in [1.54, 1.807) is 12.1 Å². The Morgan fingerprint density at radius 1 is 1.04 bits per heavy atom. The predicted molar refractivity (Wildman–Crippen MR) is 102 cm³/mol. The maximum atomic E-state index is 11.2. The van der Waals surface area contributed by atoms with E-state index in [1.807, 2.05) is 62.3 Å². The lowest BCUT2D eigenvalue weighted by molar-refractivity contribution is -0.384. The molecule has 0 atom stereocenters. The van der Waals surface area contributed by atoms with Crippen molar-refractivity contribution in [1.29, 1.82) is 0 Å². The summed E-state index contributed by atoms with van der Waals surface area (Å²) in [6, 6.07) is 17.0. The lowest BCUT2D eigenvalue weighted by Crippen LogP contribution is -2.08. The third-order valence-electron chi connectivity index (χ3n) is 4.14. The molecule has 0 aliphatic rings. The summed E-state index contributed by atoms with van der Waals surface area (Å²) in [5.74, 6) is 0. The molecule has 0 saturated heterocycles. The average Bonchev–Trinajstić information content (AvgIpc) is 2.96. The van der Waals surface area contributed by atoms with E-state index in [9.17, 15) is 10.1 Å². The van der Waals surface area contributed by atoms with Gasteiger partial charge in [-0.1, -0.05) is 17.7 Å². The number of hydrogen-bond donors (Lipinski definition) is 0. The normalized spacial score (nSPS) is 10.7. The van der Waals surface area contributed by atoms with Gasteiger partial charge in [0.05, 0.1) is 10.6 Å². The number of benzene rings is 2. The summed E-state index contributed by atoms with van der Waals surface area (Å²) in [6.45, 7) is 2.01. The van der Waals surface area contributed by atoms with Crippen molar-refractivity contribution in [3.05, 3.63) is 75.4 Å². The lowest BCUT2D eigenvalue weighted by Gasteiger charge is -2.16. The maximum absolute atomic E-state index is 11.2. The molecule has 1 heterocycles. The zero-order chi connectivity index (χ0) is 18.1. The number of hydrogen-bond acceptors (Lipinski definition) is 3. The van der Waals surface area contributed by atoms with E-state index in [0.29, 0.717) is 0 Å². The molecule has 0 aliphatic carbocycles. The SMILES string of the molecule is Cc1ccc(-c2ccc(Cl)c([N+](=O)[O-])c2)n1-c1ccc(N(C)C)cc1. The van der Waals surface area contributed by atoms with Crippen LogP contribution in [0.4, 0.5) is 11.4 Å². The van der Waals surface area contributed by atoms with Gasteiger partial charge in [0.15, 0.2) is 0 Å². The van der Waals surface area contributed by atoms with Crippen LogP contribution >= 0.6 is 11.6 Å². The second-order valence-electron chi connectivity index (χ2n) is 6.03. The van der Waals surface area contributed by atoms with Gasteiger partial charge in [-0.15, -0.1) is 0 Å². The summed E-state index contributed by atoms with van der Waals surface area (Å²) in [7, 11) is 3.99. The number of halogens is 1. The van der Waals surface area contributed by atoms with Crippen LogP contribution in [-0.4, -0.2) is 23.6 Å². The largest absolute Gasteiger partial charge is 0.378 e. The van der Waals surface area contributed by atoms with Gasteiger partial charge in [0.25, 0.3) is 5.69 Å². The quantitative estimate of drug-likeness (QED) is 0.484.